The predicted molar refractivity (Wildman–Crippen MR) is 207 cm³/mol. The summed E-state index contributed by atoms with van der Waals surface area (Å²) >= 11 is 0. The third-order valence-electron chi connectivity index (χ3n) is 11.9. The zero-order chi connectivity index (χ0) is 40.4. The maximum absolute atomic E-state index is 13.4. The van der Waals surface area contributed by atoms with Gasteiger partial charge >= 0.3 is 12.2 Å². The van der Waals surface area contributed by atoms with Gasteiger partial charge in [-0.2, -0.15) is 23.5 Å². The van der Waals surface area contributed by atoms with E-state index in [1.54, 1.807) is 17.2 Å². The van der Waals surface area contributed by atoms with Crippen molar-refractivity contribution in [1.82, 2.24) is 35.3 Å². The van der Waals surface area contributed by atoms with Gasteiger partial charge in [0.2, 0.25) is 5.91 Å². The number of ether oxygens (including phenoxy) is 1. The number of benzene rings is 2. The number of anilines is 2. The number of nitrogens with one attached hydrogen (secondary N) is 2. The van der Waals surface area contributed by atoms with Gasteiger partial charge in [0.25, 0.3) is 5.91 Å². The van der Waals surface area contributed by atoms with Gasteiger partial charge in [0.05, 0.1) is 59.1 Å². The standard InChI is InChI=1S/C41H45F3N10O4/c42-41(43,44)33-20-31(7-4-27(33)21-45)58-30-8-5-28(6-9-30)49-39(56)34-23-47-37(24-46-34)52-17-10-26(11-18-52)25-51-15-12-29(13-16-51)54-36-3-1-2-35(32(36)22-48-54)53-19-14-38(55)50-40(53)57/h1-4,7,20,22-24,26,28-30H,5-6,8-19,25H2,(H,49,56)(H,50,55,57). The van der Waals surface area contributed by atoms with E-state index in [2.05, 4.69) is 35.1 Å². The van der Waals surface area contributed by atoms with Gasteiger partial charge in [-0.05, 0) is 87.6 Å². The van der Waals surface area contributed by atoms with E-state index in [9.17, 15) is 27.6 Å². The Morgan fingerprint density at radius 2 is 1.71 bits per heavy atom. The zero-order valence-electron chi connectivity index (χ0n) is 32.0. The first-order chi connectivity index (χ1) is 28.0. The van der Waals surface area contributed by atoms with Crippen LogP contribution in [0.2, 0.25) is 0 Å². The summed E-state index contributed by atoms with van der Waals surface area (Å²) in [6, 6.07) is 10.6. The molecule has 8 rings (SSSR count). The molecule has 3 saturated heterocycles. The third-order valence-corrected chi connectivity index (χ3v) is 11.9. The normalized spacial score (nSPS) is 21.5. The minimum absolute atomic E-state index is 0.0695. The van der Waals surface area contributed by atoms with Crippen LogP contribution in [0.15, 0.2) is 55.0 Å². The summed E-state index contributed by atoms with van der Waals surface area (Å²) < 4.78 is 48.0. The molecule has 58 heavy (non-hydrogen) atoms. The molecule has 4 aromatic rings. The van der Waals surface area contributed by atoms with E-state index >= 15 is 0 Å². The number of likely N-dealkylation sites (tertiary alicyclic amines) is 1. The van der Waals surface area contributed by atoms with Crippen molar-refractivity contribution in [3.05, 3.63) is 71.8 Å². The lowest BCUT2D eigenvalue weighted by Crippen LogP contribution is -2.49. The summed E-state index contributed by atoms with van der Waals surface area (Å²) in [5.41, 5.74) is 0.533. The lowest BCUT2D eigenvalue weighted by atomic mass is 9.92. The summed E-state index contributed by atoms with van der Waals surface area (Å²) in [5, 5.41) is 20.1. The number of halogens is 3. The largest absolute Gasteiger partial charge is 0.490 e. The molecule has 4 fully saturated rings. The number of piperidine rings is 2. The summed E-state index contributed by atoms with van der Waals surface area (Å²) in [6.45, 7) is 5.08. The fraction of sp³-hybridized carbons (Fsp3) is 0.488. The Hall–Kier alpha value is -5.76. The average molecular weight is 799 g/mol. The molecule has 0 radical (unpaired) electrons. The van der Waals surface area contributed by atoms with Crippen molar-refractivity contribution in [1.29, 1.82) is 5.26 Å². The van der Waals surface area contributed by atoms with Crippen molar-refractivity contribution in [2.75, 3.05) is 49.1 Å². The number of rotatable bonds is 9. The second-order valence-corrected chi connectivity index (χ2v) is 15.7. The molecule has 0 spiro atoms. The Morgan fingerprint density at radius 1 is 0.931 bits per heavy atom. The number of aromatic nitrogens is 4. The lowest BCUT2D eigenvalue weighted by molar-refractivity contribution is -0.138. The van der Waals surface area contributed by atoms with Gasteiger partial charge in [-0.15, -0.1) is 0 Å². The maximum Gasteiger partial charge on any atom is 0.417 e. The van der Waals surface area contributed by atoms with E-state index in [-0.39, 0.29) is 47.9 Å². The van der Waals surface area contributed by atoms with E-state index in [1.807, 2.05) is 24.4 Å². The van der Waals surface area contributed by atoms with E-state index in [1.165, 1.54) is 12.3 Å². The minimum atomic E-state index is -4.65. The van der Waals surface area contributed by atoms with Gasteiger partial charge in [-0.25, -0.2) is 14.8 Å². The smallest absolute Gasteiger partial charge is 0.417 e. The molecule has 1 saturated carbocycles. The van der Waals surface area contributed by atoms with E-state index in [0.29, 0.717) is 38.1 Å². The molecule has 0 unspecified atom stereocenters. The summed E-state index contributed by atoms with van der Waals surface area (Å²) in [4.78, 5) is 52.6. The Morgan fingerprint density at radius 3 is 2.40 bits per heavy atom. The maximum atomic E-state index is 13.4. The molecule has 14 nitrogen and oxygen atoms in total. The first kappa shape index (κ1) is 39.1. The van der Waals surface area contributed by atoms with Crippen LogP contribution in [-0.4, -0.2) is 93.9 Å². The highest BCUT2D eigenvalue weighted by atomic mass is 19.4. The number of imide groups is 1. The molecule has 2 aromatic carbocycles. The number of amides is 4. The van der Waals surface area contributed by atoms with E-state index in [4.69, 9.17) is 15.1 Å². The van der Waals surface area contributed by atoms with Crippen LogP contribution >= 0.6 is 0 Å². The van der Waals surface area contributed by atoms with Crippen molar-refractivity contribution < 1.29 is 32.3 Å². The number of hydrogen-bond acceptors (Lipinski definition) is 10. The molecule has 2 N–H and O–H groups in total. The molecule has 304 valence electrons. The number of carbonyl (C=O) groups excluding carboxylic acids is 3. The van der Waals surface area contributed by atoms with Gasteiger partial charge in [0.1, 0.15) is 17.3 Å². The molecule has 0 bridgehead atoms. The fourth-order valence-electron chi connectivity index (χ4n) is 8.74. The highest BCUT2D eigenvalue weighted by Gasteiger charge is 2.35. The molecule has 3 aliphatic heterocycles. The average Bonchev–Trinajstić information content (AvgIpc) is 3.67. The molecule has 17 heteroatoms. The van der Waals surface area contributed by atoms with Crippen LogP contribution in [0.5, 0.6) is 5.75 Å². The van der Waals surface area contributed by atoms with Gasteiger partial charge in [-0.3, -0.25) is 24.5 Å². The SMILES string of the molecule is N#Cc1ccc(OC2CCC(NC(=O)c3cnc(N4CCC(CN5CCC(n6ncc7c(N8CCC(=O)NC8=O)cccc76)CC5)CC4)cn3)CC2)cc1C(F)(F)F. The number of alkyl halides is 3. The summed E-state index contributed by atoms with van der Waals surface area (Å²) in [7, 11) is 0. The highest BCUT2D eigenvalue weighted by molar-refractivity contribution is 6.09. The van der Waals surface area contributed by atoms with Gasteiger partial charge in [0.15, 0.2) is 0 Å². The first-order valence-electron chi connectivity index (χ1n) is 20.0. The summed E-state index contributed by atoms with van der Waals surface area (Å²) in [6.07, 6.45) is 6.68. The number of hydrogen-bond donors (Lipinski definition) is 2. The Bertz CT molecular complexity index is 2180. The Kier molecular flexibility index (Phi) is 11.2. The molecular formula is C41H45F3N10O4. The second-order valence-electron chi connectivity index (χ2n) is 15.7. The topological polar surface area (TPSA) is 162 Å². The van der Waals surface area contributed by atoms with Crippen LogP contribution in [0.25, 0.3) is 10.9 Å². The van der Waals surface area contributed by atoms with Crippen molar-refractivity contribution in [3.63, 3.8) is 0 Å². The Labute approximate surface area is 333 Å². The second kappa shape index (κ2) is 16.6. The minimum Gasteiger partial charge on any atom is -0.490 e. The number of carbonyl (C=O) groups is 3. The monoisotopic (exact) mass is 798 g/mol. The van der Waals surface area contributed by atoms with E-state index in [0.717, 1.165) is 92.9 Å². The molecule has 4 aliphatic rings. The molecule has 0 atom stereocenters. The number of urea groups is 1. The highest BCUT2D eigenvalue weighted by Crippen LogP contribution is 2.36. The van der Waals surface area contributed by atoms with Crippen molar-refractivity contribution in [2.24, 2.45) is 5.92 Å². The van der Waals surface area contributed by atoms with Crippen LogP contribution < -0.4 is 25.2 Å². The van der Waals surface area contributed by atoms with Crippen LogP contribution in [-0.2, 0) is 11.0 Å². The van der Waals surface area contributed by atoms with Crippen LogP contribution in [0.1, 0.15) is 85.4 Å². The number of nitriles is 1. The van der Waals surface area contributed by atoms with Crippen LogP contribution in [0, 0.1) is 17.2 Å². The Balaban J connectivity index is 0.759. The first-order valence-corrected chi connectivity index (χ1v) is 20.0. The van der Waals surface area contributed by atoms with E-state index < -0.39 is 23.3 Å². The predicted octanol–water partition coefficient (Wildman–Crippen LogP) is 5.84. The lowest BCUT2D eigenvalue weighted by Gasteiger charge is -2.38. The fourth-order valence-corrected chi connectivity index (χ4v) is 8.74. The van der Waals surface area contributed by atoms with Crippen LogP contribution in [0.3, 0.4) is 0 Å². The molecular weight excluding hydrogens is 754 g/mol. The summed E-state index contributed by atoms with van der Waals surface area (Å²) in [5.74, 6) is 0.816. The van der Waals surface area contributed by atoms with Crippen LogP contribution in [0.4, 0.5) is 29.5 Å². The molecule has 5 heterocycles. The van der Waals surface area contributed by atoms with Gasteiger partial charge < -0.3 is 19.9 Å². The van der Waals surface area contributed by atoms with Gasteiger partial charge in [-0.1, -0.05) is 6.07 Å². The molecule has 2 aromatic heterocycles. The van der Waals surface area contributed by atoms with Crippen molar-refractivity contribution in [3.8, 4) is 11.8 Å². The quantitative estimate of drug-likeness (QED) is 0.211. The van der Waals surface area contributed by atoms with Crippen molar-refractivity contribution in [2.45, 2.75) is 82.2 Å². The molecule has 4 amide bonds. The third kappa shape index (κ3) is 8.57. The number of nitrogens with zero attached hydrogens (tertiary/aromatic N) is 8. The van der Waals surface area contributed by atoms with Crippen molar-refractivity contribution >= 4 is 40.3 Å². The number of fused-ring (bicyclic) bond motifs is 1. The van der Waals surface area contributed by atoms with Gasteiger partial charge in [0, 0.05) is 57.1 Å². The molecule has 1 aliphatic carbocycles. The zero-order valence-corrected chi connectivity index (χ0v) is 32.0.